The highest BCUT2D eigenvalue weighted by atomic mass is 32.2. The molecular weight excluding hydrogens is 188 g/mol. The van der Waals surface area contributed by atoms with E-state index in [0.29, 0.717) is 0 Å². The molecule has 0 unspecified atom stereocenters. The van der Waals surface area contributed by atoms with E-state index in [1.165, 1.54) is 0 Å². The summed E-state index contributed by atoms with van der Waals surface area (Å²) in [5, 5.41) is 7.98. The van der Waals surface area contributed by atoms with E-state index in [9.17, 15) is 9.59 Å². The van der Waals surface area contributed by atoms with Crippen LogP contribution in [0.5, 0.6) is 0 Å². The number of carbonyl (C=O) groups is 2. The van der Waals surface area contributed by atoms with Crippen molar-refractivity contribution >= 4 is 22.8 Å². The fourth-order valence-electron chi connectivity index (χ4n) is 0.780. The smallest absolute Gasteiger partial charge is 0.311 e. The van der Waals surface area contributed by atoms with Crippen LogP contribution in [-0.4, -0.2) is 16.2 Å². The average Bonchev–Trinajstić information content (AvgIpc) is 2.04. The molecule has 0 aliphatic rings. The number of benzene rings is 1. The number of carboxylic acid groups (broad SMARTS) is 1. The molecule has 1 N–H and O–H groups in total. The number of carboxylic acids is 1. The zero-order valence-electron chi connectivity index (χ0n) is 6.77. The highest BCUT2D eigenvalue weighted by molar-refractivity contribution is 8.13. The lowest BCUT2D eigenvalue weighted by Crippen LogP contribution is -2.02. The van der Waals surface area contributed by atoms with Gasteiger partial charge in [-0.15, -0.1) is 0 Å². The second-order valence-corrected chi connectivity index (χ2v) is 3.49. The minimum atomic E-state index is -1.09. The normalized spacial score (nSPS) is 9.54. The molecule has 0 bridgehead atoms. The molecule has 0 aromatic heterocycles. The molecule has 13 heavy (non-hydrogen) atoms. The maximum absolute atomic E-state index is 11.0. The van der Waals surface area contributed by atoms with Crippen molar-refractivity contribution in [1.82, 2.24) is 0 Å². The summed E-state index contributed by atoms with van der Waals surface area (Å²) in [5.41, 5.74) is 0. The summed E-state index contributed by atoms with van der Waals surface area (Å²) in [7, 11) is 0. The van der Waals surface area contributed by atoms with E-state index in [2.05, 4.69) is 0 Å². The van der Waals surface area contributed by atoms with E-state index in [-0.39, 0.29) is 5.12 Å². The van der Waals surface area contributed by atoms with E-state index in [1.807, 2.05) is 6.07 Å². The van der Waals surface area contributed by atoms with Gasteiger partial charge in [-0.25, -0.2) is 0 Å². The van der Waals surface area contributed by atoms with Crippen LogP contribution in [0.3, 0.4) is 0 Å². The summed E-state index contributed by atoms with van der Waals surface area (Å²) in [6.45, 7) is 0. The Morgan fingerprint density at radius 3 is 2.38 bits per heavy atom. The maximum atomic E-state index is 11.0. The zero-order valence-corrected chi connectivity index (χ0v) is 7.58. The average molecular weight is 196 g/mol. The van der Waals surface area contributed by atoms with Crippen LogP contribution < -0.4 is 0 Å². The molecule has 68 valence electrons. The van der Waals surface area contributed by atoms with E-state index < -0.39 is 12.4 Å². The summed E-state index contributed by atoms with van der Waals surface area (Å²) in [4.78, 5) is 21.9. The minimum Gasteiger partial charge on any atom is -0.481 e. The van der Waals surface area contributed by atoms with Gasteiger partial charge in [-0.2, -0.15) is 0 Å². The molecule has 4 heteroatoms. The standard InChI is InChI=1S/C9H8O3S/c10-8(11)6-9(12)13-7-4-2-1-3-5-7/h1-5H,6H2,(H,10,11). The van der Waals surface area contributed by atoms with Crippen LogP contribution >= 0.6 is 11.8 Å². The van der Waals surface area contributed by atoms with Crippen LogP contribution in [0, 0.1) is 0 Å². The number of aliphatic carboxylic acids is 1. The Morgan fingerprint density at radius 2 is 1.85 bits per heavy atom. The van der Waals surface area contributed by atoms with Gasteiger partial charge < -0.3 is 5.11 Å². The van der Waals surface area contributed by atoms with Crippen molar-refractivity contribution in [2.75, 3.05) is 0 Å². The third-order valence-electron chi connectivity index (χ3n) is 1.27. The van der Waals surface area contributed by atoms with Gasteiger partial charge in [0.2, 0.25) is 5.12 Å². The maximum Gasteiger partial charge on any atom is 0.311 e. The van der Waals surface area contributed by atoms with E-state index in [1.54, 1.807) is 24.3 Å². The van der Waals surface area contributed by atoms with Crippen molar-refractivity contribution in [2.24, 2.45) is 0 Å². The van der Waals surface area contributed by atoms with Crippen LogP contribution in [0.4, 0.5) is 0 Å². The summed E-state index contributed by atoms with van der Waals surface area (Å²) in [5.74, 6) is -1.09. The molecule has 0 aliphatic carbocycles. The molecule has 0 spiro atoms. The van der Waals surface area contributed by atoms with Crippen molar-refractivity contribution < 1.29 is 14.7 Å². The number of rotatable bonds is 3. The van der Waals surface area contributed by atoms with Gasteiger partial charge in [0.1, 0.15) is 6.42 Å². The summed E-state index contributed by atoms with van der Waals surface area (Å²) in [6.07, 6.45) is -0.431. The quantitative estimate of drug-likeness (QED) is 0.591. The number of thioether (sulfide) groups is 1. The van der Waals surface area contributed by atoms with E-state index in [0.717, 1.165) is 16.7 Å². The Morgan fingerprint density at radius 1 is 1.23 bits per heavy atom. The van der Waals surface area contributed by atoms with Crippen LogP contribution in [-0.2, 0) is 9.59 Å². The Hall–Kier alpha value is -1.29. The van der Waals surface area contributed by atoms with Gasteiger partial charge in [0.25, 0.3) is 0 Å². The van der Waals surface area contributed by atoms with E-state index in [4.69, 9.17) is 5.11 Å². The molecule has 0 aliphatic heterocycles. The molecule has 0 amide bonds. The lowest BCUT2D eigenvalue weighted by molar-refractivity contribution is -0.138. The van der Waals surface area contributed by atoms with Gasteiger partial charge in [-0.1, -0.05) is 30.0 Å². The van der Waals surface area contributed by atoms with Crippen molar-refractivity contribution in [3.8, 4) is 0 Å². The second-order valence-electron chi connectivity index (χ2n) is 2.36. The largest absolute Gasteiger partial charge is 0.481 e. The summed E-state index contributed by atoms with van der Waals surface area (Å²) in [6, 6.07) is 8.98. The zero-order chi connectivity index (χ0) is 9.68. The van der Waals surface area contributed by atoms with Crippen LogP contribution in [0.1, 0.15) is 6.42 Å². The first kappa shape index (κ1) is 9.80. The fourth-order valence-corrected chi connectivity index (χ4v) is 1.53. The monoisotopic (exact) mass is 196 g/mol. The first-order valence-electron chi connectivity index (χ1n) is 3.66. The minimum absolute atomic E-state index is 0.348. The summed E-state index contributed by atoms with van der Waals surface area (Å²) < 4.78 is 0. The Balaban J connectivity index is 2.50. The van der Waals surface area contributed by atoms with Crippen LogP contribution in [0.15, 0.2) is 35.2 Å². The first-order chi connectivity index (χ1) is 6.18. The molecule has 1 rings (SSSR count). The lowest BCUT2D eigenvalue weighted by Gasteiger charge is -1.96. The molecule has 0 saturated heterocycles. The predicted octanol–water partition coefficient (Wildman–Crippen LogP) is 1.78. The second kappa shape index (κ2) is 4.67. The number of hydrogen-bond donors (Lipinski definition) is 1. The van der Waals surface area contributed by atoms with Crippen LogP contribution in [0.25, 0.3) is 0 Å². The molecular formula is C9H8O3S. The van der Waals surface area contributed by atoms with Gasteiger partial charge >= 0.3 is 5.97 Å². The van der Waals surface area contributed by atoms with Crippen molar-refractivity contribution in [3.63, 3.8) is 0 Å². The molecule has 3 nitrogen and oxygen atoms in total. The van der Waals surface area contributed by atoms with Gasteiger partial charge in [0.05, 0.1) is 0 Å². The third kappa shape index (κ3) is 3.75. The van der Waals surface area contributed by atoms with E-state index >= 15 is 0 Å². The molecule has 1 aromatic carbocycles. The predicted molar refractivity (Wildman–Crippen MR) is 49.6 cm³/mol. The van der Waals surface area contributed by atoms with Gasteiger partial charge in [-0.05, 0) is 12.1 Å². The molecule has 0 fully saturated rings. The fraction of sp³-hybridized carbons (Fsp3) is 0.111. The molecule has 0 atom stereocenters. The molecule has 0 heterocycles. The third-order valence-corrected chi connectivity index (χ3v) is 2.15. The highest BCUT2D eigenvalue weighted by Gasteiger charge is 2.08. The Labute approximate surface area is 79.8 Å². The molecule has 0 radical (unpaired) electrons. The van der Waals surface area contributed by atoms with Crippen molar-refractivity contribution in [3.05, 3.63) is 30.3 Å². The SMILES string of the molecule is O=C(O)CC(=O)Sc1ccccc1. The van der Waals surface area contributed by atoms with Gasteiger partial charge in [0, 0.05) is 4.90 Å². The molecule has 0 saturated carbocycles. The number of hydrogen-bond acceptors (Lipinski definition) is 3. The van der Waals surface area contributed by atoms with Gasteiger partial charge in [0.15, 0.2) is 0 Å². The highest BCUT2D eigenvalue weighted by Crippen LogP contribution is 2.18. The Bertz CT molecular complexity index is 308. The number of carbonyl (C=O) groups excluding carboxylic acids is 1. The molecule has 1 aromatic rings. The Kier molecular flexibility index (Phi) is 3.52. The lowest BCUT2D eigenvalue weighted by atomic mass is 10.4. The van der Waals surface area contributed by atoms with Crippen molar-refractivity contribution in [1.29, 1.82) is 0 Å². The first-order valence-corrected chi connectivity index (χ1v) is 4.47. The van der Waals surface area contributed by atoms with Crippen molar-refractivity contribution in [2.45, 2.75) is 11.3 Å². The topological polar surface area (TPSA) is 54.4 Å². The summed E-state index contributed by atoms with van der Waals surface area (Å²) >= 11 is 0.952. The van der Waals surface area contributed by atoms with Gasteiger partial charge in [-0.3, -0.25) is 9.59 Å². The van der Waals surface area contributed by atoms with Crippen LogP contribution in [0.2, 0.25) is 0 Å².